The molecule has 0 spiro atoms. The lowest BCUT2D eigenvalue weighted by molar-refractivity contribution is 0.0692. The van der Waals surface area contributed by atoms with E-state index in [1.165, 1.54) is 12.1 Å². The third kappa shape index (κ3) is 4.36. The largest absolute Gasteiger partial charge is 0.478 e. The average molecular weight is 257 g/mol. The fourth-order valence-corrected chi connectivity index (χ4v) is 2.34. The zero-order valence-electron chi connectivity index (χ0n) is 9.65. The van der Waals surface area contributed by atoms with Crippen LogP contribution in [0.3, 0.4) is 0 Å². The van der Waals surface area contributed by atoms with Gasteiger partial charge in [0.2, 0.25) is 0 Å². The van der Waals surface area contributed by atoms with Gasteiger partial charge in [0.25, 0.3) is 0 Å². The van der Waals surface area contributed by atoms with Crippen LogP contribution in [0.5, 0.6) is 0 Å². The highest BCUT2D eigenvalue weighted by molar-refractivity contribution is 7.98. The quantitative estimate of drug-likeness (QED) is 0.822. The third-order valence-corrected chi connectivity index (χ3v) is 3.59. The van der Waals surface area contributed by atoms with E-state index in [0.717, 1.165) is 17.7 Å². The minimum atomic E-state index is -1.24. The standard InChI is InChI=1S/C12H16FNO2S/c1-2-9(14)7-17-6-8-3-4-10(12(15)16)11(13)5-8/h3-5,9H,2,6-7,14H2,1H3,(H,15,16). The summed E-state index contributed by atoms with van der Waals surface area (Å²) in [6, 6.07) is 4.36. The van der Waals surface area contributed by atoms with Gasteiger partial charge in [-0.1, -0.05) is 13.0 Å². The Kier molecular flexibility index (Phi) is 5.44. The first-order valence-electron chi connectivity index (χ1n) is 5.39. The summed E-state index contributed by atoms with van der Waals surface area (Å²) in [4.78, 5) is 10.6. The number of benzene rings is 1. The predicted octanol–water partition coefficient (Wildman–Crippen LogP) is 2.49. The normalized spacial score (nSPS) is 12.4. The summed E-state index contributed by atoms with van der Waals surface area (Å²) in [5.74, 6) is -0.464. The van der Waals surface area contributed by atoms with E-state index in [2.05, 4.69) is 0 Å². The van der Waals surface area contributed by atoms with Gasteiger partial charge < -0.3 is 10.8 Å². The lowest BCUT2D eigenvalue weighted by Crippen LogP contribution is -2.21. The van der Waals surface area contributed by atoms with Gasteiger partial charge in [-0.25, -0.2) is 9.18 Å². The van der Waals surface area contributed by atoms with Gasteiger partial charge >= 0.3 is 5.97 Å². The van der Waals surface area contributed by atoms with E-state index in [1.807, 2.05) is 6.92 Å². The zero-order valence-corrected chi connectivity index (χ0v) is 10.5. The summed E-state index contributed by atoms with van der Waals surface area (Å²) in [5, 5.41) is 8.68. The molecule has 0 saturated carbocycles. The van der Waals surface area contributed by atoms with Crippen LogP contribution in [-0.4, -0.2) is 22.9 Å². The van der Waals surface area contributed by atoms with Crippen molar-refractivity contribution in [3.8, 4) is 0 Å². The molecule has 0 fully saturated rings. The molecule has 5 heteroatoms. The Morgan fingerprint density at radius 3 is 2.82 bits per heavy atom. The predicted molar refractivity (Wildman–Crippen MR) is 67.8 cm³/mol. The first-order valence-corrected chi connectivity index (χ1v) is 6.55. The van der Waals surface area contributed by atoms with Crippen LogP contribution in [-0.2, 0) is 5.75 Å². The van der Waals surface area contributed by atoms with Crippen molar-refractivity contribution in [2.45, 2.75) is 25.1 Å². The SMILES string of the molecule is CCC(N)CSCc1ccc(C(=O)O)c(F)c1. The molecule has 0 aliphatic heterocycles. The lowest BCUT2D eigenvalue weighted by Gasteiger charge is -2.08. The van der Waals surface area contributed by atoms with Crippen molar-refractivity contribution in [2.75, 3.05) is 5.75 Å². The number of thioether (sulfide) groups is 1. The molecule has 1 atom stereocenters. The van der Waals surface area contributed by atoms with Gasteiger partial charge in [-0.15, -0.1) is 0 Å². The Hall–Kier alpha value is -1.07. The molecule has 3 N–H and O–H groups in total. The number of carboxylic acid groups (broad SMARTS) is 1. The summed E-state index contributed by atoms with van der Waals surface area (Å²) in [6.45, 7) is 2.02. The molecule has 0 amide bonds. The van der Waals surface area contributed by atoms with Crippen LogP contribution < -0.4 is 5.73 Å². The Labute approximate surface area is 104 Å². The van der Waals surface area contributed by atoms with E-state index in [9.17, 15) is 9.18 Å². The van der Waals surface area contributed by atoms with Gasteiger partial charge in [0, 0.05) is 17.5 Å². The fourth-order valence-electron chi connectivity index (χ4n) is 1.27. The van der Waals surface area contributed by atoms with Crippen LogP contribution in [0.15, 0.2) is 18.2 Å². The Balaban J connectivity index is 2.56. The van der Waals surface area contributed by atoms with Crippen LogP contribution in [0.25, 0.3) is 0 Å². The summed E-state index contributed by atoms with van der Waals surface area (Å²) >= 11 is 1.62. The van der Waals surface area contributed by atoms with Crippen molar-refractivity contribution in [2.24, 2.45) is 5.73 Å². The number of nitrogens with two attached hydrogens (primary N) is 1. The molecular formula is C12H16FNO2S. The number of carboxylic acids is 1. The maximum atomic E-state index is 13.3. The second kappa shape index (κ2) is 6.61. The van der Waals surface area contributed by atoms with E-state index in [1.54, 1.807) is 17.8 Å². The lowest BCUT2D eigenvalue weighted by atomic mass is 10.1. The van der Waals surface area contributed by atoms with Crippen molar-refractivity contribution >= 4 is 17.7 Å². The Bertz CT molecular complexity index is 398. The van der Waals surface area contributed by atoms with E-state index in [-0.39, 0.29) is 11.6 Å². The molecule has 1 unspecified atom stereocenters. The minimum Gasteiger partial charge on any atom is -0.478 e. The summed E-state index contributed by atoms with van der Waals surface area (Å²) < 4.78 is 13.3. The van der Waals surface area contributed by atoms with Crippen molar-refractivity contribution in [3.63, 3.8) is 0 Å². The van der Waals surface area contributed by atoms with Crippen LogP contribution in [0.1, 0.15) is 29.3 Å². The molecule has 0 radical (unpaired) electrons. The minimum absolute atomic E-state index is 0.156. The molecule has 3 nitrogen and oxygen atoms in total. The molecule has 94 valence electrons. The van der Waals surface area contributed by atoms with Gasteiger partial charge in [-0.05, 0) is 24.1 Å². The number of rotatable bonds is 6. The van der Waals surface area contributed by atoms with E-state index in [0.29, 0.717) is 5.75 Å². The molecule has 0 saturated heterocycles. The molecule has 0 aliphatic carbocycles. The van der Waals surface area contributed by atoms with Crippen LogP contribution in [0, 0.1) is 5.82 Å². The molecule has 1 rings (SSSR count). The first-order chi connectivity index (χ1) is 8.04. The number of carbonyl (C=O) groups is 1. The van der Waals surface area contributed by atoms with E-state index >= 15 is 0 Å². The van der Waals surface area contributed by atoms with Crippen molar-refractivity contribution in [3.05, 3.63) is 35.1 Å². The van der Waals surface area contributed by atoms with Gasteiger partial charge in [-0.2, -0.15) is 11.8 Å². The van der Waals surface area contributed by atoms with Crippen LogP contribution >= 0.6 is 11.8 Å². The topological polar surface area (TPSA) is 63.3 Å². The molecule has 1 aromatic rings. The number of aromatic carboxylic acids is 1. The highest BCUT2D eigenvalue weighted by atomic mass is 32.2. The number of halogens is 1. The highest BCUT2D eigenvalue weighted by Gasteiger charge is 2.10. The summed E-state index contributed by atoms with van der Waals surface area (Å²) in [5.41, 5.74) is 6.25. The van der Waals surface area contributed by atoms with Crippen molar-refractivity contribution < 1.29 is 14.3 Å². The Morgan fingerprint density at radius 2 is 2.29 bits per heavy atom. The molecule has 0 heterocycles. The van der Waals surface area contributed by atoms with Gasteiger partial charge in [0.05, 0.1) is 5.56 Å². The number of hydrogen-bond acceptors (Lipinski definition) is 3. The molecule has 0 aromatic heterocycles. The molecule has 0 aliphatic rings. The maximum absolute atomic E-state index is 13.3. The number of hydrogen-bond donors (Lipinski definition) is 2. The first kappa shape index (κ1) is 14.0. The summed E-state index contributed by atoms with van der Waals surface area (Å²) in [7, 11) is 0. The average Bonchev–Trinajstić information content (AvgIpc) is 2.28. The van der Waals surface area contributed by atoms with Gasteiger partial charge in [0.15, 0.2) is 0 Å². The van der Waals surface area contributed by atoms with Crippen LogP contribution in [0.4, 0.5) is 4.39 Å². The second-order valence-electron chi connectivity index (χ2n) is 3.80. The van der Waals surface area contributed by atoms with Crippen LogP contribution in [0.2, 0.25) is 0 Å². The van der Waals surface area contributed by atoms with E-state index < -0.39 is 11.8 Å². The molecule has 17 heavy (non-hydrogen) atoms. The van der Waals surface area contributed by atoms with Gasteiger partial charge in [-0.3, -0.25) is 0 Å². The monoisotopic (exact) mass is 257 g/mol. The molecule has 1 aromatic carbocycles. The Morgan fingerprint density at radius 1 is 1.59 bits per heavy atom. The smallest absolute Gasteiger partial charge is 0.338 e. The van der Waals surface area contributed by atoms with Crippen molar-refractivity contribution in [1.82, 2.24) is 0 Å². The second-order valence-corrected chi connectivity index (χ2v) is 4.83. The summed E-state index contributed by atoms with van der Waals surface area (Å²) in [6.07, 6.45) is 0.916. The maximum Gasteiger partial charge on any atom is 0.338 e. The molecule has 0 bridgehead atoms. The highest BCUT2D eigenvalue weighted by Crippen LogP contribution is 2.17. The van der Waals surface area contributed by atoms with E-state index in [4.69, 9.17) is 10.8 Å². The zero-order chi connectivity index (χ0) is 12.8. The third-order valence-electron chi connectivity index (χ3n) is 2.39. The molecular weight excluding hydrogens is 241 g/mol. The fraction of sp³-hybridized carbons (Fsp3) is 0.417. The van der Waals surface area contributed by atoms with Gasteiger partial charge in [0.1, 0.15) is 5.82 Å². The van der Waals surface area contributed by atoms with Crippen molar-refractivity contribution in [1.29, 1.82) is 0 Å².